The van der Waals surface area contributed by atoms with Crippen LogP contribution in [0.5, 0.6) is 0 Å². The van der Waals surface area contributed by atoms with Crippen molar-refractivity contribution in [2.75, 3.05) is 11.1 Å². The molecule has 0 aliphatic heterocycles. The Labute approximate surface area is 165 Å². The Kier molecular flexibility index (Phi) is 4.90. The van der Waals surface area contributed by atoms with E-state index in [1.165, 1.54) is 22.2 Å². The first-order chi connectivity index (χ1) is 12.5. The van der Waals surface area contributed by atoms with Crippen molar-refractivity contribution in [3.8, 4) is 0 Å². The summed E-state index contributed by atoms with van der Waals surface area (Å²) in [6.45, 7) is 4.21. The van der Waals surface area contributed by atoms with E-state index in [1.807, 2.05) is 12.1 Å². The number of nitrogens with one attached hydrogen (secondary N) is 1. The van der Waals surface area contributed by atoms with Gasteiger partial charge in [-0.15, -0.1) is 11.3 Å². The summed E-state index contributed by atoms with van der Waals surface area (Å²) in [6, 6.07) is 7.25. The molecule has 1 fully saturated rings. The standard InChI is InChI=1S/C19H18ClN3OS2/c1-10-11(2)26-19-16(10)18(22-17(23-19)12-7-8-12)25-9-15(24)21-14-6-4-3-5-13(14)20/h3-6,12H,7-9H2,1-2H3,(H,21,24). The van der Waals surface area contributed by atoms with E-state index in [0.29, 0.717) is 16.6 Å². The molecule has 0 bridgehead atoms. The van der Waals surface area contributed by atoms with Crippen molar-refractivity contribution in [2.45, 2.75) is 37.6 Å². The van der Waals surface area contributed by atoms with Gasteiger partial charge in [0.15, 0.2) is 0 Å². The first-order valence-corrected chi connectivity index (χ1v) is 10.7. The molecule has 0 spiro atoms. The second kappa shape index (κ2) is 7.18. The molecule has 3 aromatic rings. The summed E-state index contributed by atoms with van der Waals surface area (Å²) in [5, 5.41) is 5.40. The Morgan fingerprint density at radius 2 is 2.08 bits per heavy atom. The van der Waals surface area contributed by atoms with Crippen molar-refractivity contribution in [2.24, 2.45) is 0 Å². The van der Waals surface area contributed by atoms with Crippen LogP contribution in [0.1, 0.15) is 35.0 Å². The number of para-hydroxylation sites is 1. The number of halogens is 1. The van der Waals surface area contributed by atoms with Crippen LogP contribution in [0.4, 0.5) is 5.69 Å². The van der Waals surface area contributed by atoms with Crippen LogP contribution in [0, 0.1) is 13.8 Å². The van der Waals surface area contributed by atoms with Gasteiger partial charge in [-0.25, -0.2) is 9.97 Å². The number of benzene rings is 1. The monoisotopic (exact) mass is 403 g/mol. The van der Waals surface area contributed by atoms with E-state index in [-0.39, 0.29) is 11.7 Å². The summed E-state index contributed by atoms with van der Waals surface area (Å²) in [5.74, 6) is 1.61. The molecule has 2 heterocycles. The number of aromatic nitrogens is 2. The largest absolute Gasteiger partial charge is 0.324 e. The van der Waals surface area contributed by atoms with Gasteiger partial charge in [-0.2, -0.15) is 0 Å². The number of hydrogen-bond donors (Lipinski definition) is 1. The van der Waals surface area contributed by atoms with Gasteiger partial charge >= 0.3 is 0 Å². The zero-order valence-corrected chi connectivity index (χ0v) is 16.9. The lowest BCUT2D eigenvalue weighted by Gasteiger charge is -2.08. The number of nitrogens with zero attached hydrogens (tertiary/aromatic N) is 2. The summed E-state index contributed by atoms with van der Waals surface area (Å²) in [6.07, 6.45) is 2.32. The molecule has 4 nitrogen and oxygen atoms in total. The lowest BCUT2D eigenvalue weighted by molar-refractivity contribution is -0.113. The molecule has 0 radical (unpaired) electrons. The number of thiophene rings is 1. The molecule has 0 atom stereocenters. The fraction of sp³-hybridized carbons (Fsp3) is 0.316. The summed E-state index contributed by atoms with van der Waals surface area (Å²) < 4.78 is 0. The van der Waals surface area contributed by atoms with Gasteiger partial charge in [0.05, 0.1) is 16.5 Å². The Morgan fingerprint density at radius 3 is 2.81 bits per heavy atom. The fourth-order valence-electron chi connectivity index (χ4n) is 2.74. The van der Waals surface area contributed by atoms with E-state index in [4.69, 9.17) is 21.6 Å². The number of thioether (sulfide) groups is 1. The molecule has 0 unspecified atom stereocenters. The highest BCUT2D eigenvalue weighted by atomic mass is 35.5. The maximum absolute atomic E-state index is 12.4. The van der Waals surface area contributed by atoms with Crippen LogP contribution >= 0.6 is 34.7 Å². The van der Waals surface area contributed by atoms with Crippen LogP contribution in [0.3, 0.4) is 0 Å². The van der Waals surface area contributed by atoms with E-state index in [1.54, 1.807) is 23.5 Å². The maximum Gasteiger partial charge on any atom is 0.234 e. The minimum Gasteiger partial charge on any atom is -0.324 e. The Balaban J connectivity index is 1.56. The summed E-state index contributed by atoms with van der Waals surface area (Å²) in [7, 11) is 0. The first kappa shape index (κ1) is 17.8. The predicted octanol–water partition coefficient (Wildman–Crippen LogP) is 5.57. The minimum absolute atomic E-state index is 0.0903. The lowest BCUT2D eigenvalue weighted by Crippen LogP contribution is -2.14. The summed E-state index contributed by atoms with van der Waals surface area (Å²) >= 11 is 9.29. The van der Waals surface area contributed by atoms with Crippen LogP contribution in [0.2, 0.25) is 5.02 Å². The van der Waals surface area contributed by atoms with Crippen molar-refractivity contribution >= 4 is 56.5 Å². The van der Waals surface area contributed by atoms with E-state index in [2.05, 4.69) is 19.2 Å². The Morgan fingerprint density at radius 1 is 1.31 bits per heavy atom. The van der Waals surface area contributed by atoms with Gasteiger partial charge in [-0.1, -0.05) is 35.5 Å². The smallest absolute Gasteiger partial charge is 0.234 e. The second-order valence-corrected chi connectivity index (χ2v) is 9.02. The summed E-state index contributed by atoms with van der Waals surface area (Å²) in [4.78, 5) is 24.2. The molecule has 1 saturated carbocycles. The van der Waals surface area contributed by atoms with E-state index in [9.17, 15) is 4.79 Å². The average molecular weight is 404 g/mol. The molecule has 4 rings (SSSR count). The highest BCUT2D eigenvalue weighted by Crippen LogP contribution is 2.42. The maximum atomic E-state index is 12.4. The lowest BCUT2D eigenvalue weighted by atomic mass is 10.2. The third-order valence-electron chi connectivity index (χ3n) is 4.44. The molecule has 134 valence electrons. The van der Waals surface area contributed by atoms with E-state index >= 15 is 0 Å². The number of aryl methyl sites for hydroxylation is 2. The van der Waals surface area contributed by atoms with E-state index in [0.717, 1.165) is 33.9 Å². The van der Waals surface area contributed by atoms with Crippen molar-refractivity contribution in [1.82, 2.24) is 9.97 Å². The van der Waals surface area contributed by atoms with Crippen LogP contribution < -0.4 is 5.32 Å². The molecular weight excluding hydrogens is 386 g/mol. The van der Waals surface area contributed by atoms with Crippen molar-refractivity contribution in [3.63, 3.8) is 0 Å². The van der Waals surface area contributed by atoms with Gasteiger partial charge in [-0.3, -0.25) is 4.79 Å². The Bertz CT molecular complexity index is 998. The zero-order chi connectivity index (χ0) is 18.3. The van der Waals surface area contributed by atoms with Crippen LogP contribution in [0.25, 0.3) is 10.2 Å². The SMILES string of the molecule is Cc1sc2nc(C3CC3)nc(SCC(=O)Nc3ccccc3Cl)c2c1C. The average Bonchev–Trinajstić information content (AvgIpc) is 3.42. The number of carbonyl (C=O) groups excluding carboxylic acids is 1. The highest BCUT2D eigenvalue weighted by Gasteiger charge is 2.28. The number of hydrogen-bond acceptors (Lipinski definition) is 5. The molecule has 1 N–H and O–H groups in total. The molecule has 2 aromatic heterocycles. The number of anilines is 1. The second-order valence-electron chi connectivity index (χ2n) is 6.44. The fourth-order valence-corrected chi connectivity index (χ4v) is 4.92. The molecule has 1 aromatic carbocycles. The van der Waals surface area contributed by atoms with Crippen LogP contribution in [-0.2, 0) is 4.79 Å². The number of carbonyl (C=O) groups is 1. The van der Waals surface area contributed by atoms with Gasteiger partial charge in [0.25, 0.3) is 0 Å². The van der Waals surface area contributed by atoms with Crippen molar-refractivity contribution in [1.29, 1.82) is 0 Å². The Hall–Kier alpha value is -1.63. The molecular formula is C19H18ClN3OS2. The van der Waals surface area contributed by atoms with Gasteiger partial charge in [0.2, 0.25) is 5.91 Å². The van der Waals surface area contributed by atoms with Crippen LogP contribution in [0.15, 0.2) is 29.3 Å². The van der Waals surface area contributed by atoms with Crippen molar-refractivity contribution < 1.29 is 4.79 Å². The van der Waals surface area contributed by atoms with Gasteiger partial charge in [0, 0.05) is 16.2 Å². The van der Waals surface area contributed by atoms with Crippen LogP contribution in [-0.4, -0.2) is 21.6 Å². The number of rotatable bonds is 5. The highest BCUT2D eigenvalue weighted by molar-refractivity contribution is 8.00. The molecule has 1 aliphatic rings. The topological polar surface area (TPSA) is 54.9 Å². The quantitative estimate of drug-likeness (QED) is 0.447. The third-order valence-corrected chi connectivity index (χ3v) is 6.85. The molecule has 1 aliphatic carbocycles. The van der Waals surface area contributed by atoms with Gasteiger partial charge < -0.3 is 5.32 Å². The normalized spacial score (nSPS) is 14.0. The molecule has 0 saturated heterocycles. The minimum atomic E-state index is -0.0903. The molecule has 1 amide bonds. The van der Waals surface area contributed by atoms with Crippen molar-refractivity contribution in [3.05, 3.63) is 45.6 Å². The summed E-state index contributed by atoms with van der Waals surface area (Å²) in [5.41, 5.74) is 1.84. The zero-order valence-electron chi connectivity index (χ0n) is 14.5. The van der Waals surface area contributed by atoms with Gasteiger partial charge in [0.1, 0.15) is 15.7 Å². The first-order valence-electron chi connectivity index (χ1n) is 8.47. The molecule has 7 heteroatoms. The molecule has 26 heavy (non-hydrogen) atoms. The third kappa shape index (κ3) is 3.59. The predicted molar refractivity (Wildman–Crippen MR) is 110 cm³/mol. The number of fused-ring (bicyclic) bond motifs is 1. The van der Waals surface area contributed by atoms with E-state index < -0.39 is 0 Å². The van der Waals surface area contributed by atoms with Gasteiger partial charge in [-0.05, 0) is 44.4 Å². The number of amides is 1.